The third kappa shape index (κ3) is 1.72. The molecule has 13 heavy (non-hydrogen) atoms. The van der Waals surface area contributed by atoms with Gasteiger partial charge in [-0.25, -0.2) is 0 Å². The minimum absolute atomic E-state index is 0.0422. The molecular weight excluding hydrogens is 172 g/mol. The van der Waals surface area contributed by atoms with Crippen LogP contribution < -0.4 is 0 Å². The third-order valence-electron chi connectivity index (χ3n) is 2.80. The number of rotatable bonds is 3. The summed E-state index contributed by atoms with van der Waals surface area (Å²) < 4.78 is 5.19. The van der Waals surface area contributed by atoms with Crippen LogP contribution in [0.25, 0.3) is 0 Å². The van der Waals surface area contributed by atoms with E-state index in [-0.39, 0.29) is 24.4 Å². The molecule has 4 nitrogen and oxygen atoms in total. The van der Waals surface area contributed by atoms with E-state index in [9.17, 15) is 9.59 Å². The van der Waals surface area contributed by atoms with Gasteiger partial charge in [0.2, 0.25) is 0 Å². The fourth-order valence-corrected chi connectivity index (χ4v) is 1.99. The van der Waals surface area contributed by atoms with E-state index in [1.807, 2.05) is 0 Å². The molecule has 1 N–H and O–H groups in total. The molecule has 2 fully saturated rings. The monoisotopic (exact) mass is 184 g/mol. The molecule has 2 rings (SSSR count). The summed E-state index contributed by atoms with van der Waals surface area (Å²) in [7, 11) is 0. The maximum Gasteiger partial charge on any atom is 0.303 e. The van der Waals surface area contributed by atoms with E-state index in [1.165, 1.54) is 0 Å². The molecule has 0 bridgehead atoms. The second-order valence-corrected chi connectivity index (χ2v) is 3.72. The SMILES string of the molecule is O=C(O)CC[C@@H]1CCC(=O)[C@H]2O[C@@H]12. The zero-order chi connectivity index (χ0) is 9.42. The van der Waals surface area contributed by atoms with Crippen LogP contribution in [0.3, 0.4) is 0 Å². The summed E-state index contributed by atoms with van der Waals surface area (Å²) in [6, 6.07) is 0. The lowest BCUT2D eigenvalue weighted by Crippen LogP contribution is -2.24. The van der Waals surface area contributed by atoms with E-state index in [2.05, 4.69) is 0 Å². The van der Waals surface area contributed by atoms with Crippen molar-refractivity contribution in [3.63, 3.8) is 0 Å². The van der Waals surface area contributed by atoms with Crippen LogP contribution in [0.1, 0.15) is 25.7 Å². The minimum Gasteiger partial charge on any atom is -0.481 e. The van der Waals surface area contributed by atoms with Gasteiger partial charge >= 0.3 is 5.97 Å². The number of ether oxygens (including phenoxy) is 1. The Kier molecular flexibility index (Phi) is 2.07. The van der Waals surface area contributed by atoms with Gasteiger partial charge in [-0.2, -0.15) is 0 Å². The number of carboxylic acids is 1. The first kappa shape index (κ1) is 8.69. The number of aliphatic carboxylic acids is 1. The maximum absolute atomic E-state index is 11.1. The number of fused-ring (bicyclic) bond motifs is 1. The summed E-state index contributed by atoms with van der Waals surface area (Å²) in [6.45, 7) is 0. The Morgan fingerprint density at radius 3 is 3.08 bits per heavy atom. The number of Topliss-reactive ketones (excluding diaryl/α,β-unsaturated/α-hetero) is 1. The molecule has 4 heteroatoms. The molecule has 0 unspecified atom stereocenters. The lowest BCUT2D eigenvalue weighted by Gasteiger charge is -2.15. The van der Waals surface area contributed by atoms with Crippen molar-refractivity contribution in [3.8, 4) is 0 Å². The molecule has 3 atom stereocenters. The van der Waals surface area contributed by atoms with Crippen LogP contribution in [-0.4, -0.2) is 29.1 Å². The van der Waals surface area contributed by atoms with E-state index in [0.29, 0.717) is 18.8 Å². The summed E-state index contributed by atoms with van der Waals surface area (Å²) in [5, 5.41) is 8.49. The molecule has 1 saturated carbocycles. The van der Waals surface area contributed by atoms with E-state index >= 15 is 0 Å². The molecule has 0 aromatic rings. The third-order valence-corrected chi connectivity index (χ3v) is 2.80. The molecule has 0 spiro atoms. The summed E-state index contributed by atoms with van der Waals surface area (Å²) in [4.78, 5) is 21.4. The van der Waals surface area contributed by atoms with Crippen LogP contribution >= 0.6 is 0 Å². The summed E-state index contributed by atoms with van der Waals surface area (Å²) in [5.74, 6) is -0.288. The molecule has 2 aliphatic rings. The molecular formula is C9H12O4. The van der Waals surface area contributed by atoms with Crippen molar-refractivity contribution in [2.24, 2.45) is 5.92 Å². The van der Waals surface area contributed by atoms with Crippen molar-refractivity contribution in [1.29, 1.82) is 0 Å². The fourth-order valence-electron chi connectivity index (χ4n) is 1.99. The first-order valence-electron chi connectivity index (χ1n) is 4.58. The van der Waals surface area contributed by atoms with Gasteiger partial charge in [0.05, 0.1) is 6.10 Å². The smallest absolute Gasteiger partial charge is 0.303 e. The zero-order valence-corrected chi connectivity index (χ0v) is 7.23. The standard InChI is InChI=1S/C9H12O4/c10-6-3-1-5(2-4-7(11)12)8-9(6)13-8/h5,8-9H,1-4H2,(H,11,12)/t5-,8-,9+/m0/s1. The number of carbonyl (C=O) groups is 2. The van der Waals surface area contributed by atoms with Crippen LogP contribution in [0.4, 0.5) is 0 Å². The average molecular weight is 184 g/mol. The first-order chi connectivity index (χ1) is 6.18. The van der Waals surface area contributed by atoms with Gasteiger partial charge in [-0.05, 0) is 18.8 Å². The van der Waals surface area contributed by atoms with Crippen LogP contribution in [-0.2, 0) is 14.3 Å². The lowest BCUT2D eigenvalue weighted by molar-refractivity contribution is -0.137. The largest absolute Gasteiger partial charge is 0.481 e. The number of carboxylic acid groups (broad SMARTS) is 1. The van der Waals surface area contributed by atoms with Gasteiger partial charge in [0.1, 0.15) is 6.10 Å². The van der Waals surface area contributed by atoms with E-state index in [1.54, 1.807) is 0 Å². The Hall–Kier alpha value is -0.900. The van der Waals surface area contributed by atoms with Gasteiger partial charge < -0.3 is 9.84 Å². The summed E-state index contributed by atoms with van der Waals surface area (Å²) >= 11 is 0. The Labute approximate surface area is 75.9 Å². The highest BCUT2D eigenvalue weighted by Crippen LogP contribution is 2.40. The van der Waals surface area contributed by atoms with Crippen molar-refractivity contribution >= 4 is 11.8 Å². The van der Waals surface area contributed by atoms with Crippen LogP contribution in [0.5, 0.6) is 0 Å². The Morgan fingerprint density at radius 1 is 1.62 bits per heavy atom. The second-order valence-electron chi connectivity index (χ2n) is 3.72. The van der Waals surface area contributed by atoms with Gasteiger partial charge in [-0.3, -0.25) is 9.59 Å². The van der Waals surface area contributed by atoms with E-state index in [0.717, 1.165) is 6.42 Å². The van der Waals surface area contributed by atoms with Gasteiger partial charge in [-0.15, -0.1) is 0 Å². The zero-order valence-electron chi connectivity index (χ0n) is 7.23. The number of ketones is 1. The van der Waals surface area contributed by atoms with Gasteiger partial charge in [0, 0.05) is 12.8 Å². The highest BCUT2D eigenvalue weighted by Gasteiger charge is 2.52. The number of epoxide rings is 1. The van der Waals surface area contributed by atoms with Crippen molar-refractivity contribution in [2.45, 2.75) is 37.9 Å². The summed E-state index contributed by atoms with van der Waals surface area (Å²) in [6.07, 6.45) is 2.04. The molecule has 0 aromatic heterocycles. The molecule has 1 aliphatic carbocycles. The quantitative estimate of drug-likeness (QED) is 0.652. The molecule has 1 aliphatic heterocycles. The highest BCUT2D eigenvalue weighted by atomic mass is 16.6. The van der Waals surface area contributed by atoms with Crippen molar-refractivity contribution < 1.29 is 19.4 Å². The molecule has 1 heterocycles. The molecule has 0 radical (unpaired) electrons. The Morgan fingerprint density at radius 2 is 2.38 bits per heavy atom. The normalized spacial score (nSPS) is 36.9. The van der Waals surface area contributed by atoms with Crippen molar-refractivity contribution in [2.75, 3.05) is 0 Å². The van der Waals surface area contributed by atoms with Gasteiger partial charge in [0.15, 0.2) is 5.78 Å². The van der Waals surface area contributed by atoms with Crippen molar-refractivity contribution in [3.05, 3.63) is 0 Å². The van der Waals surface area contributed by atoms with Gasteiger partial charge in [0.25, 0.3) is 0 Å². The van der Waals surface area contributed by atoms with Crippen LogP contribution in [0.15, 0.2) is 0 Å². The predicted octanol–water partition coefficient (Wildman–Crippen LogP) is 0.598. The molecule has 1 saturated heterocycles. The maximum atomic E-state index is 11.1. The van der Waals surface area contributed by atoms with Crippen LogP contribution in [0.2, 0.25) is 0 Å². The molecule has 72 valence electrons. The number of hydrogen-bond donors (Lipinski definition) is 1. The summed E-state index contributed by atoms with van der Waals surface area (Å²) in [5.41, 5.74) is 0. The second kappa shape index (κ2) is 3.10. The minimum atomic E-state index is -0.769. The van der Waals surface area contributed by atoms with E-state index in [4.69, 9.17) is 9.84 Å². The number of carbonyl (C=O) groups excluding carboxylic acids is 1. The lowest BCUT2D eigenvalue weighted by atomic mass is 9.85. The Bertz CT molecular complexity index is 248. The number of hydrogen-bond acceptors (Lipinski definition) is 3. The topological polar surface area (TPSA) is 66.9 Å². The molecule has 0 aromatic carbocycles. The molecule has 0 amide bonds. The highest BCUT2D eigenvalue weighted by molar-refractivity contribution is 5.86. The van der Waals surface area contributed by atoms with Crippen LogP contribution in [0, 0.1) is 5.92 Å². The van der Waals surface area contributed by atoms with Crippen molar-refractivity contribution in [1.82, 2.24) is 0 Å². The Balaban J connectivity index is 1.82. The fraction of sp³-hybridized carbons (Fsp3) is 0.778. The average Bonchev–Trinajstić information content (AvgIpc) is 2.83. The predicted molar refractivity (Wildman–Crippen MR) is 43.3 cm³/mol. The van der Waals surface area contributed by atoms with Gasteiger partial charge in [-0.1, -0.05) is 0 Å². The first-order valence-corrected chi connectivity index (χ1v) is 4.58. The van der Waals surface area contributed by atoms with E-state index < -0.39 is 5.97 Å².